The van der Waals surface area contributed by atoms with Crippen LogP contribution in [0.4, 0.5) is 5.69 Å². The standard InChI is InChI=1S/C25H29N3O4S/c1-25(24(30)26-17-7-5-4-6-8-17)15-27-21(11-16-9-10-33-23(16)27)22(29)28(25)18-12-19(31-2)14-20(13-18)32-3/h9-14,17H,4-8,15H2,1-3H3,(H,26,30)/t25-/m1/s1. The molecule has 2 amide bonds. The molecule has 1 aromatic carbocycles. The highest BCUT2D eigenvalue weighted by molar-refractivity contribution is 7.16. The second-order valence-corrected chi connectivity index (χ2v) is 9.99. The Balaban J connectivity index is 1.62. The Bertz CT molecular complexity index is 1190. The first kappa shape index (κ1) is 21.8. The van der Waals surface area contributed by atoms with E-state index in [9.17, 15) is 9.59 Å². The van der Waals surface area contributed by atoms with Crippen LogP contribution in [-0.2, 0) is 11.3 Å². The van der Waals surface area contributed by atoms with E-state index in [4.69, 9.17) is 9.47 Å². The van der Waals surface area contributed by atoms with Crippen LogP contribution in [0.1, 0.15) is 49.5 Å². The van der Waals surface area contributed by atoms with Gasteiger partial charge in [-0.05, 0) is 37.3 Å². The first-order valence-corrected chi connectivity index (χ1v) is 12.3. The summed E-state index contributed by atoms with van der Waals surface area (Å²) in [6, 6.07) is 9.40. The highest BCUT2D eigenvalue weighted by Gasteiger charge is 2.49. The molecule has 2 aromatic heterocycles. The summed E-state index contributed by atoms with van der Waals surface area (Å²) in [5.74, 6) is 0.790. The van der Waals surface area contributed by atoms with Gasteiger partial charge in [0.1, 0.15) is 27.6 Å². The molecule has 3 heterocycles. The van der Waals surface area contributed by atoms with Gasteiger partial charge in [0.2, 0.25) is 5.91 Å². The smallest absolute Gasteiger partial charge is 0.275 e. The molecule has 0 radical (unpaired) electrons. The molecule has 1 saturated carbocycles. The van der Waals surface area contributed by atoms with Crippen molar-refractivity contribution in [1.29, 1.82) is 0 Å². The molecule has 0 spiro atoms. The maximum absolute atomic E-state index is 13.9. The monoisotopic (exact) mass is 467 g/mol. The van der Waals surface area contributed by atoms with E-state index in [1.807, 2.05) is 29.0 Å². The molecule has 2 aliphatic rings. The molecule has 1 aliphatic heterocycles. The molecule has 1 atom stereocenters. The third-order valence-electron chi connectivity index (χ3n) is 6.91. The molecule has 1 fully saturated rings. The quantitative estimate of drug-likeness (QED) is 0.596. The number of benzene rings is 1. The molecule has 0 bridgehead atoms. The van der Waals surface area contributed by atoms with Gasteiger partial charge in [0.25, 0.3) is 5.91 Å². The molecule has 8 heteroatoms. The number of aromatic nitrogens is 1. The second kappa shape index (κ2) is 8.41. The van der Waals surface area contributed by atoms with Gasteiger partial charge in [0, 0.05) is 29.6 Å². The van der Waals surface area contributed by atoms with Crippen molar-refractivity contribution in [3.05, 3.63) is 41.4 Å². The summed E-state index contributed by atoms with van der Waals surface area (Å²) in [6.45, 7) is 2.23. The van der Waals surface area contributed by atoms with E-state index in [1.165, 1.54) is 6.42 Å². The number of hydrogen-bond donors (Lipinski definition) is 1. The number of rotatable bonds is 5. The predicted molar refractivity (Wildman–Crippen MR) is 130 cm³/mol. The summed E-state index contributed by atoms with van der Waals surface area (Å²) >= 11 is 1.59. The molecule has 5 rings (SSSR count). The van der Waals surface area contributed by atoms with Crippen LogP contribution < -0.4 is 19.7 Å². The lowest BCUT2D eigenvalue weighted by atomic mass is 9.91. The average molecular weight is 468 g/mol. The Morgan fingerprint density at radius 1 is 1.09 bits per heavy atom. The molecule has 3 aromatic rings. The zero-order valence-corrected chi connectivity index (χ0v) is 20.0. The Morgan fingerprint density at radius 2 is 1.79 bits per heavy atom. The molecule has 174 valence electrons. The first-order valence-electron chi connectivity index (χ1n) is 11.4. The Morgan fingerprint density at radius 3 is 2.45 bits per heavy atom. The number of nitrogens with zero attached hydrogens (tertiary/aromatic N) is 2. The van der Waals surface area contributed by atoms with Gasteiger partial charge in [-0.25, -0.2) is 0 Å². The number of hydrogen-bond acceptors (Lipinski definition) is 5. The van der Waals surface area contributed by atoms with Crippen molar-refractivity contribution in [2.24, 2.45) is 0 Å². The van der Waals surface area contributed by atoms with Crippen LogP contribution in [0.3, 0.4) is 0 Å². The fourth-order valence-electron chi connectivity index (χ4n) is 5.11. The third kappa shape index (κ3) is 3.66. The van der Waals surface area contributed by atoms with Crippen LogP contribution in [0.25, 0.3) is 10.2 Å². The second-order valence-electron chi connectivity index (χ2n) is 9.09. The molecular weight excluding hydrogens is 438 g/mol. The van der Waals surface area contributed by atoms with Crippen LogP contribution >= 0.6 is 11.3 Å². The van der Waals surface area contributed by atoms with E-state index in [2.05, 4.69) is 5.32 Å². The zero-order valence-electron chi connectivity index (χ0n) is 19.2. The van der Waals surface area contributed by atoms with Crippen LogP contribution in [-0.4, -0.2) is 42.2 Å². The fourth-order valence-corrected chi connectivity index (χ4v) is 6.01. The van der Waals surface area contributed by atoms with Gasteiger partial charge in [-0.15, -0.1) is 11.3 Å². The van der Waals surface area contributed by atoms with E-state index in [0.29, 0.717) is 29.4 Å². The minimum atomic E-state index is -1.12. The maximum Gasteiger partial charge on any atom is 0.275 e. The molecule has 1 aliphatic carbocycles. The molecule has 0 saturated heterocycles. The van der Waals surface area contributed by atoms with Crippen molar-refractivity contribution in [3.63, 3.8) is 0 Å². The lowest BCUT2D eigenvalue weighted by Crippen LogP contribution is -2.65. The summed E-state index contributed by atoms with van der Waals surface area (Å²) in [5, 5.41) is 6.30. The van der Waals surface area contributed by atoms with Crippen molar-refractivity contribution in [3.8, 4) is 11.5 Å². The fraction of sp³-hybridized carbons (Fsp3) is 0.440. The predicted octanol–water partition coefficient (Wildman–Crippen LogP) is 4.59. The van der Waals surface area contributed by atoms with Gasteiger partial charge >= 0.3 is 0 Å². The minimum absolute atomic E-state index is 0.131. The number of amides is 2. The average Bonchev–Trinajstić information content (AvgIpc) is 3.42. The number of ether oxygens (including phenoxy) is 2. The van der Waals surface area contributed by atoms with Crippen LogP contribution in [0.5, 0.6) is 11.5 Å². The minimum Gasteiger partial charge on any atom is -0.497 e. The summed E-state index contributed by atoms with van der Waals surface area (Å²) in [4.78, 5) is 30.4. The highest BCUT2D eigenvalue weighted by Crippen LogP contribution is 2.40. The molecule has 0 unspecified atom stereocenters. The summed E-state index contributed by atoms with van der Waals surface area (Å²) in [5.41, 5.74) is 0.0457. The number of fused-ring (bicyclic) bond motifs is 3. The van der Waals surface area contributed by atoms with Crippen molar-refractivity contribution >= 4 is 39.1 Å². The van der Waals surface area contributed by atoms with Crippen molar-refractivity contribution in [2.45, 2.75) is 57.2 Å². The summed E-state index contributed by atoms with van der Waals surface area (Å²) in [7, 11) is 3.15. The van der Waals surface area contributed by atoms with Crippen molar-refractivity contribution < 1.29 is 19.1 Å². The number of anilines is 1. The van der Waals surface area contributed by atoms with E-state index in [-0.39, 0.29) is 17.9 Å². The van der Waals surface area contributed by atoms with Crippen molar-refractivity contribution in [1.82, 2.24) is 9.88 Å². The molecule has 33 heavy (non-hydrogen) atoms. The largest absolute Gasteiger partial charge is 0.497 e. The van der Waals surface area contributed by atoms with Gasteiger partial charge in [0.15, 0.2) is 0 Å². The van der Waals surface area contributed by atoms with Crippen LogP contribution in [0, 0.1) is 0 Å². The van der Waals surface area contributed by atoms with Gasteiger partial charge < -0.3 is 19.4 Å². The van der Waals surface area contributed by atoms with E-state index >= 15 is 0 Å². The number of carbonyl (C=O) groups is 2. The Labute approximate surface area is 197 Å². The lowest BCUT2D eigenvalue weighted by molar-refractivity contribution is -0.127. The lowest BCUT2D eigenvalue weighted by Gasteiger charge is -2.44. The van der Waals surface area contributed by atoms with Gasteiger partial charge in [-0.1, -0.05) is 19.3 Å². The maximum atomic E-state index is 13.9. The number of carbonyl (C=O) groups excluding carboxylic acids is 2. The highest BCUT2D eigenvalue weighted by atomic mass is 32.1. The third-order valence-corrected chi connectivity index (χ3v) is 7.86. The van der Waals surface area contributed by atoms with Crippen LogP contribution in [0.15, 0.2) is 35.7 Å². The zero-order chi connectivity index (χ0) is 23.2. The summed E-state index contributed by atoms with van der Waals surface area (Å²) in [6.07, 6.45) is 5.41. The molecule has 7 nitrogen and oxygen atoms in total. The topological polar surface area (TPSA) is 72.8 Å². The molecular formula is C25H29N3O4S. The number of methoxy groups -OCH3 is 2. The van der Waals surface area contributed by atoms with E-state index in [1.54, 1.807) is 48.7 Å². The van der Waals surface area contributed by atoms with E-state index < -0.39 is 5.54 Å². The van der Waals surface area contributed by atoms with Gasteiger partial charge in [-0.3, -0.25) is 14.5 Å². The normalized spacial score (nSPS) is 21.2. The first-order chi connectivity index (χ1) is 15.9. The van der Waals surface area contributed by atoms with Crippen LogP contribution in [0.2, 0.25) is 0 Å². The number of thiophene rings is 1. The van der Waals surface area contributed by atoms with Gasteiger partial charge in [0.05, 0.1) is 26.5 Å². The Kier molecular flexibility index (Phi) is 5.56. The number of nitrogens with one attached hydrogen (secondary N) is 1. The van der Waals surface area contributed by atoms with E-state index in [0.717, 1.165) is 35.9 Å². The van der Waals surface area contributed by atoms with Gasteiger partial charge in [-0.2, -0.15) is 0 Å². The molecule has 1 N–H and O–H groups in total. The van der Waals surface area contributed by atoms with Crippen molar-refractivity contribution in [2.75, 3.05) is 19.1 Å². The SMILES string of the molecule is COc1cc(OC)cc(N2C(=O)c3cc4ccsc4n3C[C@]2(C)C(=O)NC2CCCCC2)c1. The summed E-state index contributed by atoms with van der Waals surface area (Å²) < 4.78 is 12.9. The Hall–Kier alpha value is -3.00.